The first-order chi connectivity index (χ1) is 10.6. The highest BCUT2D eigenvalue weighted by atomic mass is 16.2. The molecule has 22 heavy (non-hydrogen) atoms. The Hall–Kier alpha value is -2.14. The van der Waals surface area contributed by atoms with Crippen molar-refractivity contribution in [2.45, 2.75) is 44.8 Å². The predicted molar refractivity (Wildman–Crippen MR) is 85.7 cm³/mol. The molecule has 0 bridgehead atoms. The molecule has 1 amide bonds. The summed E-state index contributed by atoms with van der Waals surface area (Å²) in [6.07, 6.45) is 7.69. The summed E-state index contributed by atoms with van der Waals surface area (Å²) in [5, 5.41) is 6.38. The van der Waals surface area contributed by atoms with Gasteiger partial charge in [-0.05, 0) is 44.4 Å². The van der Waals surface area contributed by atoms with E-state index in [1.54, 1.807) is 12.5 Å². The van der Waals surface area contributed by atoms with E-state index in [1.165, 1.54) is 0 Å². The standard InChI is InChI=1S/C17H22N4O/c1-12(19-13(2)17(22)20-15-5-6-15)14-3-7-16(8-4-14)21-10-9-18-11-21/h3-4,7-13,15,19H,5-6H2,1-2H3,(H,20,22)/t12-,13+/m1/s1. The van der Waals surface area contributed by atoms with Gasteiger partial charge in [-0.3, -0.25) is 10.1 Å². The van der Waals surface area contributed by atoms with Gasteiger partial charge in [0.05, 0.1) is 12.4 Å². The number of nitrogens with one attached hydrogen (secondary N) is 2. The first-order valence-electron chi connectivity index (χ1n) is 7.78. The van der Waals surface area contributed by atoms with Crippen LogP contribution in [0.3, 0.4) is 0 Å². The molecular weight excluding hydrogens is 276 g/mol. The minimum absolute atomic E-state index is 0.0874. The Labute approximate surface area is 130 Å². The van der Waals surface area contributed by atoms with E-state index in [1.807, 2.05) is 17.7 Å². The van der Waals surface area contributed by atoms with Gasteiger partial charge in [0, 0.05) is 30.2 Å². The summed E-state index contributed by atoms with van der Waals surface area (Å²) in [5.41, 5.74) is 2.24. The van der Waals surface area contributed by atoms with Crippen LogP contribution >= 0.6 is 0 Å². The Morgan fingerprint density at radius 3 is 2.59 bits per heavy atom. The van der Waals surface area contributed by atoms with E-state index < -0.39 is 0 Å². The molecule has 5 heteroatoms. The second-order valence-corrected chi connectivity index (χ2v) is 5.95. The number of hydrogen-bond donors (Lipinski definition) is 2. The molecule has 1 aromatic heterocycles. The van der Waals surface area contributed by atoms with Crippen LogP contribution in [0.2, 0.25) is 0 Å². The fraction of sp³-hybridized carbons (Fsp3) is 0.412. The normalized spacial score (nSPS) is 17.0. The lowest BCUT2D eigenvalue weighted by Gasteiger charge is -2.20. The fourth-order valence-corrected chi connectivity index (χ4v) is 2.45. The van der Waals surface area contributed by atoms with Crippen LogP contribution < -0.4 is 10.6 Å². The number of rotatable bonds is 6. The zero-order valence-corrected chi connectivity index (χ0v) is 13.0. The first kappa shape index (κ1) is 14.8. The fourth-order valence-electron chi connectivity index (χ4n) is 2.45. The number of nitrogens with zero attached hydrogens (tertiary/aromatic N) is 2. The highest BCUT2D eigenvalue weighted by Crippen LogP contribution is 2.19. The summed E-state index contributed by atoms with van der Waals surface area (Å²) in [4.78, 5) is 16.0. The summed E-state index contributed by atoms with van der Waals surface area (Å²) in [6, 6.07) is 8.62. The minimum Gasteiger partial charge on any atom is -0.352 e. The molecule has 1 fully saturated rings. The molecule has 2 N–H and O–H groups in total. The van der Waals surface area contributed by atoms with Crippen molar-refractivity contribution < 1.29 is 4.79 Å². The van der Waals surface area contributed by atoms with Crippen LogP contribution in [0, 0.1) is 0 Å². The molecule has 1 heterocycles. The molecule has 116 valence electrons. The maximum absolute atomic E-state index is 12.0. The molecule has 3 rings (SSSR count). The molecule has 1 aliphatic rings. The van der Waals surface area contributed by atoms with Gasteiger partial charge in [0.25, 0.3) is 0 Å². The van der Waals surface area contributed by atoms with E-state index in [2.05, 4.69) is 46.8 Å². The van der Waals surface area contributed by atoms with Crippen molar-refractivity contribution in [1.29, 1.82) is 0 Å². The van der Waals surface area contributed by atoms with Crippen LogP contribution in [0.4, 0.5) is 0 Å². The Balaban J connectivity index is 1.59. The quantitative estimate of drug-likeness (QED) is 0.859. The average molecular weight is 298 g/mol. The van der Waals surface area contributed by atoms with E-state index in [0.717, 1.165) is 24.1 Å². The van der Waals surface area contributed by atoms with E-state index in [-0.39, 0.29) is 18.0 Å². The van der Waals surface area contributed by atoms with Gasteiger partial charge < -0.3 is 9.88 Å². The SMILES string of the molecule is C[C@H](N[C@H](C)c1ccc(-n2ccnc2)cc1)C(=O)NC1CC1. The van der Waals surface area contributed by atoms with Gasteiger partial charge in [-0.1, -0.05) is 12.1 Å². The summed E-state index contributed by atoms with van der Waals surface area (Å²) in [7, 11) is 0. The van der Waals surface area contributed by atoms with Crippen molar-refractivity contribution in [3.8, 4) is 5.69 Å². The number of carbonyl (C=O) groups is 1. The Morgan fingerprint density at radius 1 is 1.27 bits per heavy atom. The van der Waals surface area contributed by atoms with Gasteiger partial charge in [-0.2, -0.15) is 0 Å². The van der Waals surface area contributed by atoms with E-state index in [9.17, 15) is 4.79 Å². The summed E-state index contributed by atoms with van der Waals surface area (Å²) in [6.45, 7) is 3.99. The zero-order chi connectivity index (χ0) is 15.5. The highest BCUT2D eigenvalue weighted by Gasteiger charge is 2.26. The molecule has 0 aliphatic heterocycles. The highest BCUT2D eigenvalue weighted by molar-refractivity contribution is 5.81. The van der Waals surface area contributed by atoms with Crippen LogP contribution in [0.15, 0.2) is 43.0 Å². The number of amides is 1. The molecule has 2 aromatic rings. The number of benzene rings is 1. The summed E-state index contributed by atoms with van der Waals surface area (Å²) >= 11 is 0. The molecule has 0 saturated heterocycles. The second kappa shape index (κ2) is 6.32. The van der Waals surface area contributed by atoms with Crippen LogP contribution in [-0.2, 0) is 4.79 Å². The molecular formula is C17H22N4O. The number of aromatic nitrogens is 2. The van der Waals surface area contributed by atoms with Crippen LogP contribution in [0.5, 0.6) is 0 Å². The van der Waals surface area contributed by atoms with E-state index in [0.29, 0.717) is 6.04 Å². The number of hydrogen-bond acceptors (Lipinski definition) is 3. The van der Waals surface area contributed by atoms with Gasteiger partial charge in [0.15, 0.2) is 0 Å². The largest absolute Gasteiger partial charge is 0.352 e. The third-order valence-electron chi connectivity index (χ3n) is 4.01. The number of carbonyl (C=O) groups excluding carboxylic acids is 1. The maximum Gasteiger partial charge on any atom is 0.237 e. The lowest BCUT2D eigenvalue weighted by molar-refractivity contribution is -0.123. The second-order valence-electron chi connectivity index (χ2n) is 5.95. The van der Waals surface area contributed by atoms with Gasteiger partial charge in [0.1, 0.15) is 0 Å². The lowest BCUT2D eigenvalue weighted by atomic mass is 10.1. The van der Waals surface area contributed by atoms with Crippen molar-refractivity contribution in [2.24, 2.45) is 0 Å². The minimum atomic E-state index is -0.191. The van der Waals surface area contributed by atoms with Crippen LogP contribution in [0.25, 0.3) is 5.69 Å². The van der Waals surface area contributed by atoms with Crippen LogP contribution in [-0.4, -0.2) is 27.5 Å². The summed E-state index contributed by atoms with van der Waals surface area (Å²) < 4.78 is 1.97. The lowest BCUT2D eigenvalue weighted by Crippen LogP contribution is -2.43. The van der Waals surface area contributed by atoms with Crippen LogP contribution in [0.1, 0.15) is 38.3 Å². The average Bonchev–Trinajstić information content (AvgIpc) is 3.17. The molecule has 1 aromatic carbocycles. The first-order valence-corrected chi connectivity index (χ1v) is 7.78. The predicted octanol–water partition coefficient (Wildman–Crippen LogP) is 2.19. The smallest absolute Gasteiger partial charge is 0.237 e. The molecule has 0 spiro atoms. The molecule has 1 saturated carbocycles. The topological polar surface area (TPSA) is 59.0 Å². The van der Waals surface area contributed by atoms with E-state index in [4.69, 9.17) is 0 Å². The number of imidazole rings is 1. The van der Waals surface area contributed by atoms with E-state index >= 15 is 0 Å². The zero-order valence-electron chi connectivity index (χ0n) is 13.0. The van der Waals surface area contributed by atoms with Gasteiger partial charge in [-0.25, -0.2) is 4.98 Å². The van der Waals surface area contributed by atoms with Gasteiger partial charge >= 0.3 is 0 Å². The van der Waals surface area contributed by atoms with Crippen molar-refractivity contribution in [3.63, 3.8) is 0 Å². The molecule has 0 radical (unpaired) electrons. The van der Waals surface area contributed by atoms with Gasteiger partial charge in [-0.15, -0.1) is 0 Å². The molecule has 0 unspecified atom stereocenters. The van der Waals surface area contributed by atoms with Crippen molar-refractivity contribution in [3.05, 3.63) is 48.5 Å². The van der Waals surface area contributed by atoms with Gasteiger partial charge in [0.2, 0.25) is 5.91 Å². The Morgan fingerprint density at radius 2 is 2.00 bits per heavy atom. The third kappa shape index (κ3) is 3.54. The van der Waals surface area contributed by atoms with Crippen molar-refractivity contribution >= 4 is 5.91 Å². The molecule has 5 nitrogen and oxygen atoms in total. The third-order valence-corrected chi connectivity index (χ3v) is 4.01. The maximum atomic E-state index is 12.0. The Kier molecular flexibility index (Phi) is 4.24. The summed E-state index contributed by atoms with van der Waals surface area (Å²) in [5.74, 6) is 0.0874. The van der Waals surface area contributed by atoms with Crippen molar-refractivity contribution in [1.82, 2.24) is 20.2 Å². The monoisotopic (exact) mass is 298 g/mol. The molecule has 2 atom stereocenters. The Bertz CT molecular complexity index is 617. The van der Waals surface area contributed by atoms with Crippen molar-refractivity contribution in [2.75, 3.05) is 0 Å². The molecule has 1 aliphatic carbocycles.